The number of rotatable bonds is 5. The molecule has 0 atom stereocenters. The van der Waals surface area contributed by atoms with Crippen LogP contribution in [0.4, 0.5) is 4.79 Å². The van der Waals surface area contributed by atoms with Crippen molar-refractivity contribution in [2.75, 3.05) is 13.1 Å². The minimum Gasteiger partial charge on any atom is -0.474 e. The van der Waals surface area contributed by atoms with Gasteiger partial charge in [-0.15, -0.1) is 0 Å². The number of nitrogens with one attached hydrogen (secondary N) is 1. The summed E-state index contributed by atoms with van der Waals surface area (Å²) in [7, 11) is 0. The Morgan fingerprint density at radius 1 is 1.24 bits per heavy atom. The lowest BCUT2D eigenvalue weighted by Gasteiger charge is -2.29. The number of pyridine rings is 1. The van der Waals surface area contributed by atoms with Crippen molar-refractivity contribution in [3.05, 3.63) is 23.9 Å². The number of piperidine rings is 1. The van der Waals surface area contributed by atoms with E-state index in [1.807, 2.05) is 12.1 Å². The number of carbonyl (C=O) groups is 2. The second-order valence-corrected chi connectivity index (χ2v) is 6.84. The largest absolute Gasteiger partial charge is 0.474 e. The van der Waals surface area contributed by atoms with Crippen LogP contribution in [0.15, 0.2) is 18.3 Å². The van der Waals surface area contributed by atoms with Crippen LogP contribution in [0, 0.1) is 5.92 Å². The van der Waals surface area contributed by atoms with Crippen molar-refractivity contribution in [2.45, 2.75) is 51.2 Å². The second-order valence-electron chi connectivity index (χ2n) is 6.84. The zero-order chi connectivity index (χ0) is 17.6. The van der Waals surface area contributed by atoms with E-state index in [0.29, 0.717) is 38.4 Å². The van der Waals surface area contributed by atoms with Crippen molar-refractivity contribution in [1.29, 1.82) is 0 Å². The average Bonchev–Trinajstić information content (AvgIpc) is 3.13. The van der Waals surface area contributed by atoms with Crippen LogP contribution in [0.5, 0.6) is 5.88 Å². The first kappa shape index (κ1) is 17.5. The maximum atomic E-state index is 12.3. The smallest absolute Gasteiger partial charge is 0.314 e. The molecule has 3 N–H and O–H groups in total. The molecule has 0 bridgehead atoms. The first-order valence-corrected chi connectivity index (χ1v) is 9.05. The Bertz CT molecular complexity index is 608. The van der Waals surface area contributed by atoms with Gasteiger partial charge in [0, 0.05) is 37.8 Å². The fourth-order valence-corrected chi connectivity index (χ4v) is 3.50. The number of urea groups is 1. The lowest BCUT2D eigenvalue weighted by molar-refractivity contribution is -0.126. The van der Waals surface area contributed by atoms with Crippen LogP contribution in [-0.2, 0) is 11.3 Å². The summed E-state index contributed by atoms with van der Waals surface area (Å²) in [6, 6.07) is 3.37. The number of amides is 3. The first-order chi connectivity index (χ1) is 12.1. The number of likely N-dealkylation sites (tertiary alicyclic amines) is 1. The van der Waals surface area contributed by atoms with Crippen molar-refractivity contribution in [1.82, 2.24) is 15.2 Å². The minimum absolute atomic E-state index is 0.0270. The number of ether oxygens (including phenoxy) is 1. The Kier molecular flexibility index (Phi) is 5.73. The van der Waals surface area contributed by atoms with Crippen LogP contribution in [0.1, 0.15) is 44.1 Å². The molecular formula is C18H26N4O3. The maximum Gasteiger partial charge on any atom is 0.314 e. The van der Waals surface area contributed by atoms with E-state index in [1.54, 1.807) is 11.1 Å². The van der Waals surface area contributed by atoms with Crippen LogP contribution in [0.2, 0.25) is 0 Å². The summed E-state index contributed by atoms with van der Waals surface area (Å²) < 4.78 is 5.90. The van der Waals surface area contributed by atoms with E-state index in [0.717, 1.165) is 18.4 Å². The third kappa shape index (κ3) is 4.84. The second kappa shape index (κ2) is 8.18. The van der Waals surface area contributed by atoms with Crippen molar-refractivity contribution in [3.8, 4) is 5.88 Å². The highest BCUT2D eigenvalue weighted by Crippen LogP contribution is 2.23. The van der Waals surface area contributed by atoms with Gasteiger partial charge in [-0.05, 0) is 50.2 Å². The monoisotopic (exact) mass is 346 g/mol. The van der Waals surface area contributed by atoms with E-state index in [2.05, 4.69) is 10.3 Å². The summed E-state index contributed by atoms with van der Waals surface area (Å²) in [6.07, 6.45) is 7.91. The summed E-state index contributed by atoms with van der Waals surface area (Å²) in [5.74, 6) is 0.597. The highest BCUT2D eigenvalue weighted by atomic mass is 16.5. The Morgan fingerprint density at radius 2 is 1.96 bits per heavy atom. The van der Waals surface area contributed by atoms with Gasteiger partial charge in [0.05, 0.1) is 0 Å². The van der Waals surface area contributed by atoms with Crippen LogP contribution >= 0.6 is 0 Å². The van der Waals surface area contributed by atoms with E-state index in [1.165, 1.54) is 12.8 Å². The van der Waals surface area contributed by atoms with Crippen molar-refractivity contribution in [3.63, 3.8) is 0 Å². The molecular weight excluding hydrogens is 320 g/mol. The molecule has 0 spiro atoms. The van der Waals surface area contributed by atoms with Crippen molar-refractivity contribution in [2.24, 2.45) is 11.7 Å². The zero-order valence-electron chi connectivity index (χ0n) is 14.4. The Morgan fingerprint density at radius 3 is 2.64 bits per heavy atom. The fourth-order valence-electron chi connectivity index (χ4n) is 3.50. The standard InChI is InChI=1S/C18H26N4O3/c19-18(24)22-9-6-14(7-10-22)17(23)21-12-13-5-8-20-16(11-13)25-15-3-1-2-4-15/h5,8,11,14-15H,1-4,6-7,9-10,12H2,(H2,19,24)(H,21,23). The Labute approximate surface area is 147 Å². The molecule has 0 radical (unpaired) electrons. The number of nitrogens with zero attached hydrogens (tertiary/aromatic N) is 2. The normalized spacial score (nSPS) is 19.0. The molecule has 136 valence electrons. The van der Waals surface area contributed by atoms with Crippen molar-refractivity contribution >= 4 is 11.9 Å². The number of hydrogen-bond donors (Lipinski definition) is 2. The average molecular weight is 346 g/mol. The molecule has 7 nitrogen and oxygen atoms in total. The molecule has 1 aromatic heterocycles. The molecule has 3 amide bonds. The van der Waals surface area contributed by atoms with E-state index in [9.17, 15) is 9.59 Å². The highest BCUT2D eigenvalue weighted by Gasteiger charge is 2.26. The number of hydrogen-bond acceptors (Lipinski definition) is 4. The zero-order valence-corrected chi connectivity index (χ0v) is 14.4. The molecule has 1 aromatic rings. The topological polar surface area (TPSA) is 97.6 Å². The lowest BCUT2D eigenvalue weighted by Crippen LogP contribution is -2.44. The van der Waals surface area contributed by atoms with Gasteiger partial charge in [0.15, 0.2) is 0 Å². The lowest BCUT2D eigenvalue weighted by atomic mass is 9.96. The van der Waals surface area contributed by atoms with Gasteiger partial charge in [-0.3, -0.25) is 4.79 Å². The van der Waals surface area contributed by atoms with Gasteiger partial charge in [-0.2, -0.15) is 0 Å². The van der Waals surface area contributed by atoms with Gasteiger partial charge in [-0.1, -0.05) is 0 Å². The van der Waals surface area contributed by atoms with E-state index in [-0.39, 0.29) is 17.9 Å². The van der Waals surface area contributed by atoms with Gasteiger partial charge < -0.3 is 20.7 Å². The molecule has 25 heavy (non-hydrogen) atoms. The van der Waals surface area contributed by atoms with Gasteiger partial charge in [0.1, 0.15) is 6.10 Å². The summed E-state index contributed by atoms with van der Waals surface area (Å²) >= 11 is 0. The van der Waals surface area contributed by atoms with E-state index in [4.69, 9.17) is 10.5 Å². The van der Waals surface area contributed by atoms with Gasteiger partial charge >= 0.3 is 6.03 Å². The molecule has 1 aliphatic heterocycles. The van der Waals surface area contributed by atoms with Gasteiger partial charge in [0.2, 0.25) is 11.8 Å². The summed E-state index contributed by atoms with van der Waals surface area (Å²) in [6.45, 7) is 1.54. The van der Waals surface area contributed by atoms with Crippen LogP contribution in [-0.4, -0.2) is 41.0 Å². The van der Waals surface area contributed by atoms with E-state index >= 15 is 0 Å². The summed E-state index contributed by atoms with van der Waals surface area (Å²) in [4.78, 5) is 29.3. The van der Waals surface area contributed by atoms with Crippen molar-refractivity contribution < 1.29 is 14.3 Å². The number of nitrogens with two attached hydrogens (primary N) is 1. The molecule has 3 rings (SSSR count). The molecule has 7 heteroatoms. The highest BCUT2D eigenvalue weighted by molar-refractivity contribution is 5.79. The molecule has 1 saturated heterocycles. The molecule has 1 aliphatic carbocycles. The quantitative estimate of drug-likeness (QED) is 0.849. The molecule has 0 unspecified atom stereocenters. The SMILES string of the molecule is NC(=O)N1CCC(C(=O)NCc2ccnc(OC3CCCC3)c2)CC1. The predicted octanol–water partition coefficient (Wildman–Crippen LogP) is 1.81. The van der Waals surface area contributed by atoms with Crippen LogP contribution in [0.25, 0.3) is 0 Å². The predicted molar refractivity (Wildman–Crippen MR) is 92.8 cm³/mol. The third-order valence-electron chi connectivity index (χ3n) is 5.03. The number of aromatic nitrogens is 1. The van der Waals surface area contributed by atoms with Gasteiger partial charge in [0.25, 0.3) is 0 Å². The summed E-state index contributed by atoms with van der Waals surface area (Å²) in [5, 5.41) is 2.98. The number of primary amides is 1. The van der Waals surface area contributed by atoms with Crippen LogP contribution < -0.4 is 15.8 Å². The first-order valence-electron chi connectivity index (χ1n) is 9.05. The third-order valence-corrected chi connectivity index (χ3v) is 5.03. The van der Waals surface area contributed by atoms with E-state index < -0.39 is 6.03 Å². The maximum absolute atomic E-state index is 12.3. The van der Waals surface area contributed by atoms with Gasteiger partial charge in [-0.25, -0.2) is 9.78 Å². The molecule has 0 aromatic carbocycles. The molecule has 2 fully saturated rings. The fraction of sp³-hybridized carbons (Fsp3) is 0.611. The molecule has 1 saturated carbocycles. The Hall–Kier alpha value is -2.31. The van der Waals surface area contributed by atoms with Crippen LogP contribution in [0.3, 0.4) is 0 Å². The molecule has 2 heterocycles. The summed E-state index contributed by atoms with van der Waals surface area (Å²) in [5.41, 5.74) is 6.24. The Balaban J connectivity index is 1.46. The number of carbonyl (C=O) groups excluding carboxylic acids is 2. The minimum atomic E-state index is -0.412. The molecule has 2 aliphatic rings.